The number of ether oxygens (including phenoxy) is 1. The van der Waals surface area contributed by atoms with E-state index in [2.05, 4.69) is 4.74 Å². The Morgan fingerprint density at radius 2 is 2.18 bits per heavy atom. The quantitative estimate of drug-likeness (QED) is 0.640. The highest BCUT2D eigenvalue weighted by Gasteiger charge is 2.17. The predicted molar refractivity (Wildman–Crippen MR) is 47.6 cm³/mol. The number of esters is 1. The lowest BCUT2D eigenvalue weighted by atomic mass is 10.2. The minimum Gasteiger partial charge on any atom is -0.468 e. The van der Waals surface area contributed by atoms with Gasteiger partial charge in [-0.25, -0.2) is 0 Å². The Balaban J connectivity index is 3.61. The smallest absolute Gasteiger partial charge is 0.315 e. The largest absolute Gasteiger partial charge is 0.468 e. The standard InChI is InChI=1S/C7H15NO2S/c1-7(2,5-8)11-4-6(9)10-3/h4-5,8H2,1-3H3. The molecule has 3 nitrogen and oxygen atoms in total. The summed E-state index contributed by atoms with van der Waals surface area (Å²) in [5, 5.41) is 0. The highest BCUT2D eigenvalue weighted by atomic mass is 32.2. The SMILES string of the molecule is COC(=O)CSC(C)(C)CN. The van der Waals surface area contributed by atoms with E-state index in [1.807, 2.05) is 13.8 Å². The lowest BCUT2D eigenvalue weighted by Gasteiger charge is -2.20. The Labute approximate surface area is 71.7 Å². The molecule has 0 aromatic heterocycles. The van der Waals surface area contributed by atoms with Crippen LogP contribution in [0.5, 0.6) is 0 Å². The molecule has 0 aromatic carbocycles. The van der Waals surface area contributed by atoms with E-state index in [1.165, 1.54) is 18.9 Å². The maximum atomic E-state index is 10.7. The van der Waals surface area contributed by atoms with Gasteiger partial charge in [0.05, 0.1) is 12.9 Å². The molecule has 0 heterocycles. The summed E-state index contributed by atoms with van der Waals surface area (Å²) in [6.45, 7) is 4.57. The minimum atomic E-state index is -0.198. The zero-order valence-electron chi connectivity index (χ0n) is 7.22. The summed E-state index contributed by atoms with van der Waals surface area (Å²) in [6, 6.07) is 0. The second-order valence-electron chi connectivity index (χ2n) is 2.83. The molecule has 0 amide bonds. The topological polar surface area (TPSA) is 52.3 Å². The average Bonchev–Trinajstić information content (AvgIpc) is 2.00. The number of hydrogen-bond acceptors (Lipinski definition) is 4. The monoisotopic (exact) mass is 177 g/mol. The summed E-state index contributed by atoms with van der Waals surface area (Å²) in [5.41, 5.74) is 5.46. The number of hydrogen-bond donors (Lipinski definition) is 1. The first kappa shape index (κ1) is 10.8. The Morgan fingerprint density at radius 1 is 1.64 bits per heavy atom. The first-order chi connectivity index (χ1) is 5.02. The van der Waals surface area contributed by atoms with Crippen molar-refractivity contribution in [1.29, 1.82) is 0 Å². The van der Waals surface area contributed by atoms with Crippen LogP contribution < -0.4 is 5.73 Å². The van der Waals surface area contributed by atoms with Crippen LogP contribution in [0.1, 0.15) is 13.8 Å². The molecular weight excluding hydrogens is 162 g/mol. The first-order valence-electron chi connectivity index (χ1n) is 3.42. The first-order valence-corrected chi connectivity index (χ1v) is 4.41. The fourth-order valence-corrected chi connectivity index (χ4v) is 1.12. The van der Waals surface area contributed by atoms with Crippen molar-refractivity contribution in [3.8, 4) is 0 Å². The van der Waals surface area contributed by atoms with Gasteiger partial charge in [0.25, 0.3) is 0 Å². The van der Waals surface area contributed by atoms with Crippen LogP contribution in [0.15, 0.2) is 0 Å². The summed E-state index contributed by atoms with van der Waals surface area (Å²) in [7, 11) is 1.39. The molecule has 0 saturated heterocycles. The van der Waals surface area contributed by atoms with Crippen LogP contribution in [-0.2, 0) is 9.53 Å². The molecule has 0 aliphatic carbocycles. The molecule has 0 bridgehead atoms. The lowest BCUT2D eigenvalue weighted by molar-refractivity contribution is -0.137. The van der Waals surface area contributed by atoms with Gasteiger partial charge in [-0.2, -0.15) is 0 Å². The fraction of sp³-hybridized carbons (Fsp3) is 0.857. The van der Waals surface area contributed by atoms with E-state index in [4.69, 9.17) is 5.73 Å². The van der Waals surface area contributed by atoms with E-state index >= 15 is 0 Å². The molecule has 0 aromatic rings. The van der Waals surface area contributed by atoms with E-state index in [0.717, 1.165) is 0 Å². The third-order valence-electron chi connectivity index (χ3n) is 1.30. The highest BCUT2D eigenvalue weighted by Crippen LogP contribution is 2.22. The molecule has 0 radical (unpaired) electrons. The molecule has 11 heavy (non-hydrogen) atoms. The van der Waals surface area contributed by atoms with Gasteiger partial charge in [-0.3, -0.25) is 4.79 Å². The van der Waals surface area contributed by atoms with E-state index in [0.29, 0.717) is 12.3 Å². The number of carbonyl (C=O) groups is 1. The van der Waals surface area contributed by atoms with Gasteiger partial charge in [0.2, 0.25) is 0 Å². The summed E-state index contributed by atoms with van der Waals surface area (Å²) < 4.78 is 4.46. The number of methoxy groups -OCH3 is 1. The van der Waals surface area contributed by atoms with Gasteiger partial charge in [0.1, 0.15) is 0 Å². The van der Waals surface area contributed by atoms with Crippen molar-refractivity contribution in [3.05, 3.63) is 0 Å². The van der Waals surface area contributed by atoms with Crippen LogP contribution in [0.2, 0.25) is 0 Å². The van der Waals surface area contributed by atoms with Crippen LogP contribution in [0.4, 0.5) is 0 Å². The lowest BCUT2D eigenvalue weighted by Crippen LogP contribution is -2.28. The van der Waals surface area contributed by atoms with E-state index in [9.17, 15) is 4.79 Å². The number of thioether (sulfide) groups is 1. The third kappa shape index (κ3) is 5.09. The Kier molecular flexibility index (Phi) is 4.52. The van der Waals surface area contributed by atoms with Crippen LogP contribution in [0, 0.1) is 0 Å². The number of nitrogens with two attached hydrogens (primary N) is 1. The van der Waals surface area contributed by atoms with E-state index < -0.39 is 0 Å². The third-order valence-corrected chi connectivity index (χ3v) is 2.63. The van der Waals surface area contributed by atoms with Crippen LogP contribution in [0.3, 0.4) is 0 Å². The summed E-state index contributed by atoms with van der Waals surface area (Å²) in [4.78, 5) is 10.7. The van der Waals surface area contributed by atoms with E-state index in [1.54, 1.807) is 0 Å². The maximum absolute atomic E-state index is 10.7. The molecular formula is C7H15NO2S. The fourth-order valence-electron chi connectivity index (χ4n) is 0.372. The van der Waals surface area contributed by atoms with Crippen molar-refractivity contribution in [2.45, 2.75) is 18.6 Å². The van der Waals surface area contributed by atoms with Crippen molar-refractivity contribution >= 4 is 17.7 Å². The number of carbonyl (C=O) groups excluding carboxylic acids is 1. The molecule has 0 aliphatic rings. The molecule has 2 N–H and O–H groups in total. The van der Waals surface area contributed by atoms with Crippen LogP contribution in [0.25, 0.3) is 0 Å². The van der Waals surface area contributed by atoms with Crippen molar-refractivity contribution < 1.29 is 9.53 Å². The molecule has 0 rings (SSSR count). The molecule has 66 valence electrons. The Bertz CT molecular complexity index is 136. The van der Waals surface area contributed by atoms with Gasteiger partial charge in [0, 0.05) is 11.3 Å². The van der Waals surface area contributed by atoms with Gasteiger partial charge in [-0.15, -0.1) is 11.8 Å². The predicted octanol–water partition coefficient (Wildman–Crippen LogP) is 0.630. The van der Waals surface area contributed by atoms with Crippen molar-refractivity contribution in [1.82, 2.24) is 0 Å². The van der Waals surface area contributed by atoms with Gasteiger partial charge in [-0.05, 0) is 13.8 Å². The minimum absolute atomic E-state index is 0.0335. The average molecular weight is 177 g/mol. The Morgan fingerprint density at radius 3 is 2.55 bits per heavy atom. The van der Waals surface area contributed by atoms with Gasteiger partial charge in [-0.1, -0.05) is 0 Å². The maximum Gasteiger partial charge on any atom is 0.315 e. The molecule has 4 heteroatoms. The zero-order valence-corrected chi connectivity index (χ0v) is 8.03. The molecule has 0 aliphatic heterocycles. The Hall–Kier alpha value is -0.220. The van der Waals surface area contributed by atoms with Crippen molar-refractivity contribution in [2.75, 3.05) is 19.4 Å². The summed E-state index contributed by atoms with van der Waals surface area (Å²) in [5.74, 6) is 0.178. The van der Waals surface area contributed by atoms with Gasteiger partial charge < -0.3 is 10.5 Å². The summed E-state index contributed by atoms with van der Waals surface area (Å²) >= 11 is 1.51. The van der Waals surface area contributed by atoms with Crippen LogP contribution >= 0.6 is 11.8 Å². The highest BCUT2D eigenvalue weighted by molar-refractivity contribution is 8.01. The number of rotatable bonds is 4. The van der Waals surface area contributed by atoms with E-state index in [-0.39, 0.29) is 10.7 Å². The summed E-state index contributed by atoms with van der Waals surface area (Å²) in [6.07, 6.45) is 0. The second kappa shape index (κ2) is 4.62. The molecule has 0 unspecified atom stereocenters. The molecule has 0 fully saturated rings. The normalized spacial score (nSPS) is 11.3. The van der Waals surface area contributed by atoms with Gasteiger partial charge >= 0.3 is 5.97 Å². The van der Waals surface area contributed by atoms with Crippen LogP contribution in [-0.4, -0.2) is 30.1 Å². The van der Waals surface area contributed by atoms with Crippen molar-refractivity contribution in [2.24, 2.45) is 5.73 Å². The van der Waals surface area contributed by atoms with Crippen molar-refractivity contribution in [3.63, 3.8) is 0 Å². The van der Waals surface area contributed by atoms with Gasteiger partial charge in [0.15, 0.2) is 0 Å². The zero-order chi connectivity index (χ0) is 8.91. The molecule has 0 spiro atoms. The molecule has 0 saturated carbocycles. The second-order valence-corrected chi connectivity index (χ2v) is 4.51. The molecule has 0 atom stereocenters.